The lowest BCUT2D eigenvalue weighted by atomic mass is 10.1. The molecule has 0 fully saturated rings. The van der Waals surface area contributed by atoms with Crippen molar-refractivity contribution in [2.45, 2.75) is 19.4 Å². The number of carbonyl (C=O) groups excluding carboxylic acids is 1. The van der Waals surface area contributed by atoms with Crippen molar-refractivity contribution in [1.29, 1.82) is 0 Å². The van der Waals surface area contributed by atoms with E-state index in [9.17, 15) is 4.79 Å². The van der Waals surface area contributed by atoms with E-state index in [0.717, 1.165) is 5.69 Å². The average molecular weight is 194 g/mol. The standard InChI is InChI=1S/C10H14N2O2/c1-10(2,9(13)14-3)12-8-5-4-6-11-7-8/h4-7,12H,1-3H3. The third-order valence-electron chi connectivity index (χ3n) is 1.81. The van der Waals surface area contributed by atoms with E-state index in [4.69, 9.17) is 0 Å². The van der Waals surface area contributed by atoms with Gasteiger partial charge in [-0.2, -0.15) is 0 Å². The zero-order valence-electron chi connectivity index (χ0n) is 8.57. The maximum atomic E-state index is 11.3. The highest BCUT2D eigenvalue weighted by Gasteiger charge is 2.28. The Kier molecular flexibility index (Phi) is 3.06. The molecule has 4 nitrogen and oxygen atoms in total. The van der Waals surface area contributed by atoms with Crippen molar-refractivity contribution in [3.05, 3.63) is 24.5 Å². The maximum Gasteiger partial charge on any atom is 0.330 e. The van der Waals surface area contributed by atoms with Crippen molar-refractivity contribution in [3.8, 4) is 0 Å². The Morgan fingerprint density at radius 2 is 2.29 bits per heavy atom. The van der Waals surface area contributed by atoms with Gasteiger partial charge in [-0.15, -0.1) is 0 Å². The summed E-state index contributed by atoms with van der Waals surface area (Å²) in [6, 6.07) is 3.65. The van der Waals surface area contributed by atoms with Crippen LogP contribution in [0.25, 0.3) is 0 Å². The molecule has 0 saturated carbocycles. The molecule has 0 bridgehead atoms. The highest BCUT2D eigenvalue weighted by atomic mass is 16.5. The summed E-state index contributed by atoms with van der Waals surface area (Å²) in [7, 11) is 1.37. The van der Waals surface area contributed by atoms with Crippen LogP contribution in [0.5, 0.6) is 0 Å². The number of carbonyl (C=O) groups is 1. The zero-order chi connectivity index (χ0) is 10.6. The third-order valence-corrected chi connectivity index (χ3v) is 1.81. The summed E-state index contributed by atoms with van der Waals surface area (Å²) in [6.07, 6.45) is 3.33. The van der Waals surface area contributed by atoms with E-state index < -0.39 is 5.54 Å². The third kappa shape index (κ3) is 2.45. The van der Waals surface area contributed by atoms with Crippen LogP contribution in [0.3, 0.4) is 0 Å². The van der Waals surface area contributed by atoms with E-state index in [2.05, 4.69) is 15.0 Å². The molecule has 14 heavy (non-hydrogen) atoms. The van der Waals surface area contributed by atoms with Gasteiger partial charge in [0.2, 0.25) is 0 Å². The van der Waals surface area contributed by atoms with E-state index in [-0.39, 0.29) is 5.97 Å². The van der Waals surface area contributed by atoms with E-state index in [1.165, 1.54) is 7.11 Å². The molecule has 0 spiro atoms. The Labute approximate surface area is 83.3 Å². The van der Waals surface area contributed by atoms with Crippen LogP contribution in [-0.2, 0) is 9.53 Å². The SMILES string of the molecule is COC(=O)C(C)(C)Nc1cccnc1. The molecule has 0 aliphatic carbocycles. The van der Waals surface area contributed by atoms with Crippen LogP contribution in [-0.4, -0.2) is 23.6 Å². The predicted octanol–water partition coefficient (Wildman–Crippen LogP) is 1.45. The number of anilines is 1. The first kappa shape index (κ1) is 10.5. The topological polar surface area (TPSA) is 51.2 Å². The fourth-order valence-corrected chi connectivity index (χ4v) is 1.10. The minimum absolute atomic E-state index is 0.304. The molecule has 0 saturated heterocycles. The summed E-state index contributed by atoms with van der Waals surface area (Å²) in [5.74, 6) is -0.304. The van der Waals surface area contributed by atoms with Crippen molar-refractivity contribution in [3.63, 3.8) is 0 Å². The molecule has 1 N–H and O–H groups in total. The van der Waals surface area contributed by atoms with Crippen LogP contribution in [0.15, 0.2) is 24.5 Å². The molecule has 0 radical (unpaired) electrons. The monoisotopic (exact) mass is 194 g/mol. The second kappa shape index (κ2) is 4.09. The van der Waals surface area contributed by atoms with Gasteiger partial charge in [-0.25, -0.2) is 4.79 Å². The van der Waals surface area contributed by atoms with E-state index in [1.54, 1.807) is 32.3 Å². The molecule has 0 aliphatic rings. The van der Waals surface area contributed by atoms with Crippen molar-refractivity contribution < 1.29 is 9.53 Å². The lowest BCUT2D eigenvalue weighted by Crippen LogP contribution is -2.41. The second-order valence-corrected chi connectivity index (χ2v) is 3.48. The molecule has 0 amide bonds. The molecule has 1 rings (SSSR count). The van der Waals surface area contributed by atoms with Crippen LogP contribution in [0, 0.1) is 0 Å². The number of hydrogen-bond donors (Lipinski definition) is 1. The number of ether oxygens (including phenoxy) is 1. The Morgan fingerprint density at radius 1 is 1.57 bits per heavy atom. The van der Waals surface area contributed by atoms with Gasteiger partial charge in [0, 0.05) is 12.4 Å². The van der Waals surface area contributed by atoms with Crippen molar-refractivity contribution in [1.82, 2.24) is 4.98 Å². The Hall–Kier alpha value is -1.58. The first-order valence-corrected chi connectivity index (χ1v) is 4.33. The largest absolute Gasteiger partial charge is 0.467 e. The van der Waals surface area contributed by atoms with Crippen LogP contribution in [0.4, 0.5) is 5.69 Å². The van der Waals surface area contributed by atoms with Gasteiger partial charge in [0.05, 0.1) is 12.8 Å². The first-order valence-electron chi connectivity index (χ1n) is 4.33. The number of aromatic nitrogens is 1. The minimum atomic E-state index is -0.738. The van der Waals surface area contributed by atoms with Crippen LogP contribution >= 0.6 is 0 Å². The first-order chi connectivity index (χ1) is 6.56. The molecule has 0 atom stereocenters. The van der Waals surface area contributed by atoms with E-state index in [1.807, 2.05) is 6.07 Å². The fraction of sp³-hybridized carbons (Fsp3) is 0.400. The summed E-state index contributed by atoms with van der Waals surface area (Å²) >= 11 is 0. The molecule has 0 unspecified atom stereocenters. The van der Waals surface area contributed by atoms with Crippen LogP contribution in [0.1, 0.15) is 13.8 Å². The van der Waals surface area contributed by atoms with Crippen LogP contribution < -0.4 is 5.32 Å². The fourth-order valence-electron chi connectivity index (χ4n) is 1.10. The van der Waals surface area contributed by atoms with Crippen molar-refractivity contribution in [2.24, 2.45) is 0 Å². The number of esters is 1. The quantitative estimate of drug-likeness (QED) is 0.740. The highest BCUT2D eigenvalue weighted by molar-refractivity contribution is 5.83. The summed E-state index contributed by atoms with van der Waals surface area (Å²) < 4.78 is 4.67. The van der Waals surface area contributed by atoms with Gasteiger partial charge in [0.25, 0.3) is 0 Å². The van der Waals surface area contributed by atoms with Gasteiger partial charge in [0.15, 0.2) is 0 Å². The molecule has 0 aromatic carbocycles. The molecule has 76 valence electrons. The Bertz CT molecular complexity index is 309. The number of nitrogens with zero attached hydrogens (tertiary/aromatic N) is 1. The molecule has 0 aliphatic heterocycles. The van der Waals surface area contributed by atoms with Crippen LogP contribution in [0.2, 0.25) is 0 Å². The molecule has 4 heteroatoms. The molecule has 1 aromatic heterocycles. The summed E-state index contributed by atoms with van der Waals surface area (Å²) in [5, 5.41) is 3.03. The smallest absolute Gasteiger partial charge is 0.330 e. The van der Waals surface area contributed by atoms with Gasteiger partial charge < -0.3 is 10.1 Å². The summed E-state index contributed by atoms with van der Waals surface area (Å²) in [4.78, 5) is 15.3. The van der Waals surface area contributed by atoms with Crippen molar-refractivity contribution in [2.75, 3.05) is 12.4 Å². The summed E-state index contributed by atoms with van der Waals surface area (Å²) in [5.41, 5.74) is 0.0560. The number of nitrogens with one attached hydrogen (secondary N) is 1. The molecule has 1 heterocycles. The lowest BCUT2D eigenvalue weighted by Gasteiger charge is -2.23. The maximum absolute atomic E-state index is 11.3. The molecular weight excluding hydrogens is 180 g/mol. The second-order valence-electron chi connectivity index (χ2n) is 3.48. The number of methoxy groups -OCH3 is 1. The van der Waals surface area contributed by atoms with Gasteiger partial charge in [-0.3, -0.25) is 4.98 Å². The minimum Gasteiger partial charge on any atom is -0.467 e. The number of hydrogen-bond acceptors (Lipinski definition) is 4. The summed E-state index contributed by atoms with van der Waals surface area (Å²) in [6.45, 7) is 3.51. The zero-order valence-corrected chi connectivity index (χ0v) is 8.57. The highest BCUT2D eigenvalue weighted by Crippen LogP contribution is 2.14. The Balaban J connectivity index is 2.73. The van der Waals surface area contributed by atoms with Gasteiger partial charge >= 0.3 is 5.97 Å². The van der Waals surface area contributed by atoms with Gasteiger partial charge in [-0.05, 0) is 26.0 Å². The Morgan fingerprint density at radius 3 is 2.79 bits per heavy atom. The average Bonchev–Trinajstić information content (AvgIpc) is 2.17. The number of rotatable bonds is 3. The van der Waals surface area contributed by atoms with E-state index in [0.29, 0.717) is 0 Å². The van der Waals surface area contributed by atoms with E-state index >= 15 is 0 Å². The van der Waals surface area contributed by atoms with Crippen molar-refractivity contribution >= 4 is 11.7 Å². The molecular formula is C10H14N2O2. The lowest BCUT2D eigenvalue weighted by molar-refractivity contribution is -0.144. The predicted molar refractivity (Wildman–Crippen MR) is 54.0 cm³/mol. The number of pyridine rings is 1. The normalized spacial score (nSPS) is 10.8. The van der Waals surface area contributed by atoms with Gasteiger partial charge in [0.1, 0.15) is 5.54 Å². The molecule has 1 aromatic rings. The van der Waals surface area contributed by atoms with Gasteiger partial charge in [-0.1, -0.05) is 0 Å².